The summed E-state index contributed by atoms with van der Waals surface area (Å²) in [5.41, 5.74) is 0.893. The maximum absolute atomic E-state index is 12.5. The van der Waals surface area contributed by atoms with Gasteiger partial charge in [0.2, 0.25) is 0 Å². The Kier molecular flexibility index (Phi) is 6.15. The lowest BCUT2D eigenvalue weighted by Crippen LogP contribution is -2.57. The first-order valence-electron chi connectivity index (χ1n) is 9.43. The van der Waals surface area contributed by atoms with Crippen molar-refractivity contribution in [3.63, 3.8) is 0 Å². The van der Waals surface area contributed by atoms with Crippen molar-refractivity contribution in [2.75, 3.05) is 13.1 Å². The van der Waals surface area contributed by atoms with Crippen molar-refractivity contribution in [2.45, 2.75) is 72.1 Å². The van der Waals surface area contributed by atoms with E-state index in [1.165, 1.54) is 5.56 Å². The Morgan fingerprint density at radius 3 is 2.56 bits per heavy atom. The van der Waals surface area contributed by atoms with Gasteiger partial charge in [-0.05, 0) is 46.1 Å². The fourth-order valence-electron chi connectivity index (χ4n) is 3.52. The van der Waals surface area contributed by atoms with E-state index in [-0.39, 0.29) is 11.5 Å². The molecule has 2 rings (SSSR count). The number of nitrogens with zero attached hydrogens (tertiary/aromatic N) is 1. The minimum Gasteiger partial charge on any atom is -0.444 e. The number of piperidine rings is 1. The van der Waals surface area contributed by atoms with Crippen LogP contribution in [0.25, 0.3) is 0 Å². The summed E-state index contributed by atoms with van der Waals surface area (Å²) < 4.78 is 5.57. The van der Waals surface area contributed by atoms with Crippen molar-refractivity contribution >= 4 is 6.09 Å². The minimum atomic E-state index is -0.448. The molecule has 0 radical (unpaired) electrons. The van der Waals surface area contributed by atoms with Crippen molar-refractivity contribution in [3.05, 3.63) is 35.9 Å². The maximum Gasteiger partial charge on any atom is 0.410 e. The van der Waals surface area contributed by atoms with Gasteiger partial charge in [-0.1, -0.05) is 44.2 Å². The van der Waals surface area contributed by atoms with Crippen LogP contribution in [0.4, 0.5) is 4.79 Å². The molecule has 25 heavy (non-hydrogen) atoms. The first-order valence-corrected chi connectivity index (χ1v) is 9.43. The molecule has 1 aliphatic heterocycles. The van der Waals surface area contributed by atoms with Crippen molar-refractivity contribution < 1.29 is 9.53 Å². The Bertz CT molecular complexity index is 567. The Morgan fingerprint density at radius 2 is 2.00 bits per heavy atom. The summed E-state index contributed by atoms with van der Waals surface area (Å²) >= 11 is 0. The molecule has 1 N–H and O–H groups in total. The third-order valence-corrected chi connectivity index (χ3v) is 5.29. The van der Waals surface area contributed by atoms with Gasteiger partial charge in [-0.15, -0.1) is 0 Å². The molecule has 140 valence electrons. The minimum absolute atomic E-state index is 0.0399. The first-order chi connectivity index (χ1) is 11.6. The van der Waals surface area contributed by atoms with Crippen LogP contribution < -0.4 is 5.32 Å². The number of carbonyl (C=O) groups is 1. The molecule has 1 fully saturated rings. The number of rotatable bonds is 4. The summed E-state index contributed by atoms with van der Waals surface area (Å²) in [4.78, 5) is 14.3. The zero-order valence-corrected chi connectivity index (χ0v) is 16.6. The van der Waals surface area contributed by atoms with Crippen LogP contribution in [0.1, 0.15) is 66.0 Å². The van der Waals surface area contributed by atoms with Gasteiger partial charge < -0.3 is 15.0 Å². The summed E-state index contributed by atoms with van der Waals surface area (Å²) in [6, 6.07) is 11.2. The molecule has 1 aromatic carbocycles. The molecule has 4 nitrogen and oxygen atoms in total. The molecule has 0 aromatic heterocycles. The molecule has 3 atom stereocenters. The van der Waals surface area contributed by atoms with Gasteiger partial charge in [0.1, 0.15) is 5.60 Å². The molecular weight excluding hydrogens is 312 g/mol. The molecule has 0 spiro atoms. The van der Waals surface area contributed by atoms with Gasteiger partial charge in [-0.2, -0.15) is 0 Å². The molecule has 1 aromatic rings. The Hall–Kier alpha value is -1.55. The Balaban J connectivity index is 2.04. The summed E-state index contributed by atoms with van der Waals surface area (Å²) in [5.74, 6) is 0. The van der Waals surface area contributed by atoms with E-state index in [9.17, 15) is 4.79 Å². The molecule has 1 heterocycles. The zero-order chi connectivity index (χ0) is 18.7. The molecular formula is C21H34N2O2. The number of hydrogen-bond acceptors (Lipinski definition) is 3. The summed E-state index contributed by atoms with van der Waals surface area (Å²) in [6.07, 6.45) is 1.77. The second kappa shape index (κ2) is 7.77. The van der Waals surface area contributed by atoms with Gasteiger partial charge in [0.15, 0.2) is 0 Å². The van der Waals surface area contributed by atoms with Crippen molar-refractivity contribution in [3.8, 4) is 0 Å². The number of ether oxygens (including phenoxy) is 1. The smallest absolute Gasteiger partial charge is 0.410 e. The van der Waals surface area contributed by atoms with Crippen LogP contribution in [-0.4, -0.2) is 35.7 Å². The normalized spacial score (nSPS) is 25.5. The fourth-order valence-corrected chi connectivity index (χ4v) is 3.52. The third-order valence-electron chi connectivity index (χ3n) is 5.29. The number of hydrogen-bond donors (Lipinski definition) is 1. The van der Waals surface area contributed by atoms with Crippen molar-refractivity contribution in [1.82, 2.24) is 10.2 Å². The summed E-state index contributed by atoms with van der Waals surface area (Å²) in [5, 5.41) is 3.81. The predicted octanol–water partition coefficient (Wildman–Crippen LogP) is 4.76. The van der Waals surface area contributed by atoms with Crippen molar-refractivity contribution in [2.24, 2.45) is 5.41 Å². The third kappa shape index (κ3) is 5.21. The topological polar surface area (TPSA) is 41.6 Å². The van der Waals surface area contributed by atoms with Crippen LogP contribution in [0.2, 0.25) is 0 Å². The van der Waals surface area contributed by atoms with Gasteiger partial charge in [0, 0.05) is 30.6 Å². The quantitative estimate of drug-likeness (QED) is 0.854. The zero-order valence-electron chi connectivity index (χ0n) is 16.6. The number of likely N-dealkylation sites (tertiary alicyclic amines) is 1. The van der Waals surface area contributed by atoms with Crippen LogP contribution in [0, 0.1) is 5.41 Å². The predicted molar refractivity (Wildman–Crippen MR) is 103 cm³/mol. The molecule has 0 bridgehead atoms. The second-order valence-corrected chi connectivity index (χ2v) is 8.55. The number of amides is 1. The van der Waals surface area contributed by atoms with E-state index >= 15 is 0 Å². The Morgan fingerprint density at radius 1 is 1.36 bits per heavy atom. The van der Waals surface area contributed by atoms with Crippen LogP contribution >= 0.6 is 0 Å². The highest BCUT2D eigenvalue weighted by Gasteiger charge is 2.41. The second-order valence-electron chi connectivity index (χ2n) is 8.55. The van der Waals surface area contributed by atoms with E-state index < -0.39 is 5.60 Å². The molecule has 0 saturated carbocycles. The van der Waals surface area contributed by atoms with Crippen LogP contribution in [0.5, 0.6) is 0 Å². The van der Waals surface area contributed by atoms with Crippen LogP contribution in [0.15, 0.2) is 30.3 Å². The lowest BCUT2D eigenvalue weighted by molar-refractivity contribution is -0.00310. The summed E-state index contributed by atoms with van der Waals surface area (Å²) in [7, 11) is 0. The average Bonchev–Trinajstić information content (AvgIpc) is 2.56. The first kappa shape index (κ1) is 19.8. The molecule has 1 saturated heterocycles. The summed E-state index contributed by atoms with van der Waals surface area (Å²) in [6.45, 7) is 13.9. The van der Waals surface area contributed by atoms with Gasteiger partial charge in [-0.25, -0.2) is 4.79 Å². The highest BCUT2D eigenvalue weighted by molar-refractivity contribution is 5.68. The average molecular weight is 347 g/mol. The SMILES string of the molecule is CCC1(C)CN(C(=O)OC(C)(C)C)CCC1N[C@H](C)c1ccccc1. The molecule has 0 aliphatic carbocycles. The molecule has 1 amide bonds. The van der Waals surface area contributed by atoms with Gasteiger partial charge in [0.25, 0.3) is 0 Å². The van der Waals surface area contributed by atoms with E-state index in [0.29, 0.717) is 12.1 Å². The van der Waals surface area contributed by atoms with E-state index in [4.69, 9.17) is 4.74 Å². The fraction of sp³-hybridized carbons (Fsp3) is 0.667. The number of nitrogens with one attached hydrogen (secondary N) is 1. The highest BCUT2D eigenvalue weighted by Crippen LogP contribution is 2.35. The highest BCUT2D eigenvalue weighted by atomic mass is 16.6. The molecule has 1 aliphatic rings. The number of carbonyl (C=O) groups excluding carboxylic acids is 1. The van der Waals surface area contributed by atoms with Crippen LogP contribution in [-0.2, 0) is 4.74 Å². The monoisotopic (exact) mass is 346 g/mol. The Labute approximate surface area is 152 Å². The molecule has 4 heteroatoms. The largest absolute Gasteiger partial charge is 0.444 e. The standard InChI is InChI=1S/C21H34N2O2/c1-7-21(6)15-23(19(24)25-20(3,4)5)14-13-18(21)22-16(2)17-11-9-8-10-12-17/h8-12,16,18,22H,7,13-15H2,1-6H3/t16-,18?,21?/m1/s1. The van der Waals surface area contributed by atoms with E-state index in [0.717, 1.165) is 25.9 Å². The van der Waals surface area contributed by atoms with Gasteiger partial charge in [-0.3, -0.25) is 0 Å². The van der Waals surface area contributed by atoms with E-state index in [2.05, 4.69) is 50.4 Å². The lowest BCUT2D eigenvalue weighted by Gasteiger charge is -2.47. The van der Waals surface area contributed by atoms with Gasteiger partial charge in [0.05, 0.1) is 0 Å². The van der Waals surface area contributed by atoms with Crippen molar-refractivity contribution in [1.29, 1.82) is 0 Å². The molecule has 2 unspecified atom stereocenters. The lowest BCUT2D eigenvalue weighted by atomic mass is 9.75. The van der Waals surface area contributed by atoms with Gasteiger partial charge >= 0.3 is 6.09 Å². The van der Waals surface area contributed by atoms with Crippen LogP contribution in [0.3, 0.4) is 0 Å². The maximum atomic E-state index is 12.5. The van der Waals surface area contributed by atoms with E-state index in [1.54, 1.807) is 0 Å². The van der Waals surface area contributed by atoms with E-state index in [1.807, 2.05) is 31.7 Å². The number of benzene rings is 1.